The van der Waals surface area contributed by atoms with E-state index in [1.807, 2.05) is 13.2 Å². The second-order valence-electron chi connectivity index (χ2n) is 8.33. The highest BCUT2D eigenvalue weighted by Gasteiger charge is 2.32. The van der Waals surface area contributed by atoms with Crippen LogP contribution in [0.15, 0.2) is 15.5 Å². The van der Waals surface area contributed by atoms with Gasteiger partial charge in [0.15, 0.2) is 5.13 Å². The Morgan fingerprint density at radius 1 is 1.20 bits per heavy atom. The second kappa shape index (κ2) is 10.7. The minimum Gasteiger partial charge on any atom is -0.319 e. The number of hydrazone groups is 1. The average Bonchev–Trinajstić information content (AvgIpc) is 3.38. The molecule has 0 aromatic carbocycles. The van der Waals surface area contributed by atoms with Crippen molar-refractivity contribution in [1.82, 2.24) is 26.0 Å². The zero-order valence-corrected chi connectivity index (χ0v) is 19.4. The molecule has 0 unspecified atom stereocenters. The van der Waals surface area contributed by atoms with Crippen molar-refractivity contribution in [1.29, 1.82) is 0 Å². The van der Waals surface area contributed by atoms with Crippen LogP contribution in [0.3, 0.4) is 0 Å². The first kappa shape index (κ1) is 21.7. The van der Waals surface area contributed by atoms with E-state index in [9.17, 15) is 4.79 Å². The number of anilines is 1. The van der Waals surface area contributed by atoms with E-state index >= 15 is 0 Å². The number of nitrogens with one attached hydrogen (secondary N) is 3. The van der Waals surface area contributed by atoms with Crippen LogP contribution < -0.4 is 16.3 Å². The van der Waals surface area contributed by atoms with Gasteiger partial charge in [0.1, 0.15) is 5.84 Å². The molecule has 1 aliphatic heterocycles. The second-order valence-corrected chi connectivity index (χ2v) is 10.8. The number of hydrazine groups is 2. The molecule has 0 spiro atoms. The molecule has 2 saturated carbocycles. The minimum absolute atomic E-state index is 0.0540. The molecule has 3 N–H and O–H groups in total. The Bertz CT molecular complexity index is 710. The Labute approximate surface area is 187 Å². The van der Waals surface area contributed by atoms with Gasteiger partial charge in [0.05, 0.1) is 10.4 Å². The number of thiazole rings is 1. The Morgan fingerprint density at radius 2 is 1.87 bits per heavy atom. The van der Waals surface area contributed by atoms with E-state index < -0.39 is 0 Å². The van der Waals surface area contributed by atoms with Gasteiger partial charge in [-0.25, -0.2) is 15.3 Å². The maximum absolute atomic E-state index is 13.3. The van der Waals surface area contributed by atoms with Crippen LogP contribution >= 0.6 is 23.1 Å². The molecule has 0 saturated heterocycles. The molecule has 2 heterocycles. The van der Waals surface area contributed by atoms with E-state index in [-0.39, 0.29) is 6.03 Å². The van der Waals surface area contributed by atoms with Crippen LogP contribution in [-0.2, 0) is 0 Å². The van der Waals surface area contributed by atoms with Crippen LogP contribution in [0, 0.1) is 0 Å². The number of carbonyl (C=O) groups excluding carboxylic acids is 1. The number of amidine groups is 1. The van der Waals surface area contributed by atoms with Gasteiger partial charge in [0.25, 0.3) is 0 Å². The fourth-order valence-electron chi connectivity index (χ4n) is 4.63. The molecule has 2 fully saturated rings. The number of amides is 2. The molecular formula is C20H33N7OS2. The number of carbonyl (C=O) groups is 1. The van der Waals surface area contributed by atoms with Crippen molar-refractivity contribution < 1.29 is 4.79 Å². The molecule has 4 rings (SSSR count). The summed E-state index contributed by atoms with van der Waals surface area (Å²) in [5.74, 6) is 1.84. The zero-order chi connectivity index (χ0) is 20.8. The number of nitrogens with zero attached hydrogens (tertiary/aromatic N) is 4. The Kier molecular flexibility index (Phi) is 7.72. The summed E-state index contributed by atoms with van der Waals surface area (Å²) >= 11 is 3.31. The molecule has 30 heavy (non-hydrogen) atoms. The summed E-state index contributed by atoms with van der Waals surface area (Å²) in [6.07, 6.45) is 14.9. The highest BCUT2D eigenvalue weighted by atomic mass is 32.2. The number of urea groups is 1. The van der Waals surface area contributed by atoms with E-state index in [4.69, 9.17) is 0 Å². The smallest absolute Gasteiger partial charge is 0.319 e. The number of thioether (sulfide) groups is 1. The third-order valence-electron chi connectivity index (χ3n) is 6.08. The predicted octanol–water partition coefficient (Wildman–Crippen LogP) is 4.39. The third-order valence-corrected chi connectivity index (χ3v) is 8.19. The molecule has 0 radical (unpaired) electrons. The number of hydrogen-bond donors (Lipinski definition) is 3. The van der Waals surface area contributed by atoms with E-state index in [1.54, 1.807) is 28.2 Å². The normalized spacial score (nSPS) is 21.0. The van der Waals surface area contributed by atoms with Gasteiger partial charge >= 0.3 is 6.03 Å². The SMILES string of the molecule is CN1NN=C(CCSc2cnc(NC(=O)N(C3CCCCC3)C3CCCCC3)s2)N1. The molecule has 0 bridgehead atoms. The Hall–Kier alpha value is -1.52. The number of aromatic nitrogens is 1. The van der Waals surface area contributed by atoms with Gasteiger partial charge < -0.3 is 4.90 Å². The van der Waals surface area contributed by atoms with Crippen molar-refractivity contribution in [2.24, 2.45) is 5.10 Å². The molecular weight excluding hydrogens is 418 g/mol. The topological polar surface area (TPSA) is 84.9 Å². The quantitative estimate of drug-likeness (QED) is 0.533. The largest absolute Gasteiger partial charge is 0.324 e. The Balaban J connectivity index is 1.31. The molecule has 0 atom stereocenters. The van der Waals surface area contributed by atoms with Gasteiger partial charge in [-0.15, -0.1) is 22.0 Å². The first-order chi connectivity index (χ1) is 14.7. The fourth-order valence-corrected chi connectivity index (χ4v) is 6.51. The van der Waals surface area contributed by atoms with Crippen LogP contribution in [-0.4, -0.2) is 51.8 Å². The van der Waals surface area contributed by atoms with Crippen LogP contribution in [0.5, 0.6) is 0 Å². The number of hydrogen-bond acceptors (Lipinski definition) is 8. The number of rotatable bonds is 7. The maximum atomic E-state index is 13.3. The molecule has 10 heteroatoms. The van der Waals surface area contributed by atoms with Crippen molar-refractivity contribution in [3.8, 4) is 0 Å². The van der Waals surface area contributed by atoms with Gasteiger partial charge in [0, 0.05) is 31.3 Å². The van der Waals surface area contributed by atoms with E-state index in [1.165, 1.54) is 38.5 Å². The van der Waals surface area contributed by atoms with Crippen molar-refractivity contribution in [2.75, 3.05) is 18.1 Å². The summed E-state index contributed by atoms with van der Waals surface area (Å²) in [7, 11) is 1.88. The summed E-state index contributed by atoms with van der Waals surface area (Å²) in [6.45, 7) is 0. The standard InChI is InChI=1S/C20H33N7OS2/c1-26-24-17(23-25-26)12-13-29-18-14-21-19(30-18)22-20(28)27(15-8-4-2-5-9-15)16-10-6-3-7-11-16/h14-16,25H,2-13H2,1H3,(H,23,24)(H,21,22,28). The maximum Gasteiger partial charge on any atom is 0.324 e. The summed E-state index contributed by atoms with van der Waals surface area (Å²) in [6, 6.07) is 0.836. The predicted molar refractivity (Wildman–Crippen MR) is 124 cm³/mol. The summed E-state index contributed by atoms with van der Waals surface area (Å²) < 4.78 is 1.12. The van der Waals surface area contributed by atoms with Crippen molar-refractivity contribution >= 4 is 40.1 Å². The van der Waals surface area contributed by atoms with Crippen molar-refractivity contribution in [3.05, 3.63) is 6.20 Å². The van der Waals surface area contributed by atoms with Gasteiger partial charge in [-0.2, -0.15) is 0 Å². The third kappa shape index (κ3) is 5.79. The van der Waals surface area contributed by atoms with E-state index in [0.29, 0.717) is 17.2 Å². The van der Waals surface area contributed by atoms with Crippen molar-refractivity contribution in [3.63, 3.8) is 0 Å². The van der Waals surface area contributed by atoms with Crippen LogP contribution in [0.25, 0.3) is 0 Å². The summed E-state index contributed by atoms with van der Waals surface area (Å²) in [5, 5.41) is 9.75. The van der Waals surface area contributed by atoms with Gasteiger partial charge in [-0.3, -0.25) is 10.7 Å². The molecule has 2 amide bonds. The molecule has 1 aromatic heterocycles. The molecule has 166 valence electrons. The van der Waals surface area contributed by atoms with Gasteiger partial charge in [0.2, 0.25) is 0 Å². The van der Waals surface area contributed by atoms with Crippen LogP contribution in [0.2, 0.25) is 0 Å². The summed E-state index contributed by atoms with van der Waals surface area (Å²) in [4.78, 5) is 19.9. The lowest BCUT2D eigenvalue weighted by molar-refractivity contribution is 0.114. The average molecular weight is 452 g/mol. The van der Waals surface area contributed by atoms with Gasteiger partial charge in [-0.05, 0) is 25.7 Å². The molecule has 8 nitrogen and oxygen atoms in total. The fraction of sp³-hybridized carbons (Fsp3) is 0.750. The lowest BCUT2D eigenvalue weighted by Gasteiger charge is -2.41. The van der Waals surface area contributed by atoms with E-state index in [0.717, 1.165) is 47.9 Å². The monoisotopic (exact) mass is 451 g/mol. The molecule has 3 aliphatic rings. The van der Waals surface area contributed by atoms with E-state index in [2.05, 4.69) is 31.3 Å². The highest BCUT2D eigenvalue weighted by Crippen LogP contribution is 2.32. The first-order valence-electron chi connectivity index (χ1n) is 11.2. The highest BCUT2D eigenvalue weighted by molar-refractivity contribution is 8.01. The first-order valence-corrected chi connectivity index (χ1v) is 13.0. The molecule has 1 aromatic rings. The zero-order valence-electron chi connectivity index (χ0n) is 17.7. The molecule has 2 aliphatic carbocycles. The lowest BCUT2D eigenvalue weighted by atomic mass is 9.89. The van der Waals surface area contributed by atoms with Crippen LogP contribution in [0.4, 0.5) is 9.93 Å². The Morgan fingerprint density at radius 3 is 2.47 bits per heavy atom. The van der Waals surface area contributed by atoms with Gasteiger partial charge in [-0.1, -0.05) is 49.9 Å². The summed E-state index contributed by atoms with van der Waals surface area (Å²) in [5.41, 5.74) is 5.98. The van der Waals surface area contributed by atoms with Crippen molar-refractivity contribution in [2.45, 2.75) is 86.9 Å². The van der Waals surface area contributed by atoms with Crippen LogP contribution in [0.1, 0.15) is 70.6 Å². The minimum atomic E-state index is 0.0540. The lowest BCUT2D eigenvalue weighted by Crippen LogP contribution is -2.50.